The van der Waals surface area contributed by atoms with Crippen LogP contribution in [0.25, 0.3) is 16.6 Å². The Balaban J connectivity index is 1.68. The SMILES string of the molecule is CCc1ccc(Nc2c3c(=O)n(C4CC4)c(=O)n(-c4cccc(N5CCC5=O)c4)c3c(C)c(=O)n2C)c(F)c1. The maximum Gasteiger partial charge on any atom is 0.336 e. The van der Waals surface area contributed by atoms with E-state index < -0.39 is 22.6 Å². The Morgan fingerprint density at radius 3 is 2.36 bits per heavy atom. The van der Waals surface area contributed by atoms with Crippen LogP contribution in [-0.4, -0.2) is 26.2 Å². The number of amides is 1. The first-order chi connectivity index (χ1) is 18.7. The van der Waals surface area contributed by atoms with Crippen LogP contribution in [0.2, 0.25) is 0 Å². The summed E-state index contributed by atoms with van der Waals surface area (Å²) in [7, 11) is 1.52. The molecule has 200 valence electrons. The van der Waals surface area contributed by atoms with Crippen LogP contribution in [0, 0.1) is 12.7 Å². The van der Waals surface area contributed by atoms with Crippen LogP contribution in [0.4, 0.5) is 21.6 Å². The van der Waals surface area contributed by atoms with Crippen molar-refractivity contribution in [2.45, 2.75) is 45.6 Å². The molecular weight excluding hydrogens is 501 g/mol. The Labute approximate surface area is 222 Å². The Kier molecular flexibility index (Phi) is 5.78. The number of rotatable bonds is 6. The second-order valence-corrected chi connectivity index (χ2v) is 10.2. The zero-order chi connectivity index (χ0) is 27.6. The van der Waals surface area contributed by atoms with Gasteiger partial charge in [0.25, 0.3) is 11.1 Å². The first-order valence-corrected chi connectivity index (χ1v) is 13.1. The van der Waals surface area contributed by atoms with Gasteiger partial charge in [-0.15, -0.1) is 0 Å². The summed E-state index contributed by atoms with van der Waals surface area (Å²) in [6, 6.07) is 11.5. The first kappa shape index (κ1) is 24.8. The zero-order valence-corrected chi connectivity index (χ0v) is 22.0. The van der Waals surface area contributed by atoms with Crippen LogP contribution in [0.3, 0.4) is 0 Å². The molecule has 1 amide bonds. The Bertz CT molecular complexity index is 1870. The van der Waals surface area contributed by atoms with Crippen molar-refractivity contribution < 1.29 is 9.18 Å². The van der Waals surface area contributed by atoms with Crippen molar-refractivity contribution in [1.29, 1.82) is 0 Å². The van der Waals surface area contributed by atoms with Crippen LogP contribution in [0.15, 0.2) is 56.8 Å². The van der Waals surface area contributed by atoms with E-state index in [1.54, 1.807) is 48.2 Å². The first-order valence-electron chi connectivity index (χ1n) is 13.1. The highest BCUT2D eigenvalue weighted by molar-refractivity contribution is 5.99. The van der Waals surface area contributed by atoms with E-state index in [1.165, 1.54) is 26.8 Å². The largest absolute Gasteiger partial charge is 0.338 e. The molecule has 3 heterocycles. The second-order valence-electron chi connectivity index (χ2n) is 10.2. The van der Waals surface area contributed by atoms with Gasteiger partial charge < -0.3 is 10.2 Å². The lowest BCUT2D eigenvalue weighted by atomic mass is 10.1. The van der Waals surface area contributed by atoms with Crippen molar-refractivity contribution in [1.82, 2.24) is 13.7 Å². The maximum absolute atomic E-state index is 15.0. The number of fused-ring (bicyclic) bond motifs is 1. The molecular formula is C29H28FN5O4. The number of carbonyl (C=O) groups excluding carboxylic acids is 1. The fourth-order valence-corrected chi connectivity index (χ4v) is 5.25. The van der Waals surface area contributed by atoms with Gasteiger partial charge in [0.1, 0.15) is 17.0 Å². The van der Waals surface area contributed by atoms with Gasteiger partial charge in [0, 0.05) is 37.3 Å². The molecule has 2 fully saturated rings. The summed E-state index contributed by atoms with van der Waals surface area (Å²) >= 11 is 0. The standard InChI is InChI=1S/C29H28FN5O4/c1-4-17-8-11-22(21(30)14-17)31-26-24-25(16(2)27(37)32(26)3)34(29(39)35(28(24)38)18-9-10-18)20-7-5-6-19(15-20)33-13-12-23(33)36/h5-8,11,14-15,18,31H,4,9-10,12-13H2,1-3H3. The van der Waals surface area contributed by atoms with Gasteiger partial charge in [-0.25, -0.2) is 9.18 Å². The summed E-state index contributed by atoms with van der Waals surface area (Å²) in [4.78, 5) is 55.0. The average Bonchev–Trinajstić information content (AvgIpc) is 3.75. The number of hydrogen-bond acceptors (Lipinski definition) is 5. The predicted octanol–water partition coefficient (Wildman–Crippen LogP) is 3.68. The van der Waals surface area contributed by atoms with Crippen molar-refractivity contribution in [2.24, 2.45) is 7.05 Å². The molecule has 0 unspecified atom stereocenters. The molecule has 10 heteroatoms. The fraction of sp³-hybridized carbons (Fsp3) is 0.310. The van der Waals surface area contributed by atoms with E-state index in [-0.39, 0.29) is 39.9 Å². The van der Waals surface area contributed by atoms with E-state index in [1.807, 2.05) is 6.92 Å². The van der Waals surface area contributed by atoms with E-state index in [0.717, 1.165) is 5.56 Å². The highest BCUT2D eigenvalue weighted by atomic mass is 19.1. The molecule has 1 saturated carbocycles. The number of halogens is 1. The lowest BCUT2D eigenvalue weighted by Crippen LogP contribution is -2.43. The maximum atomic E-state index is 15.0. The van der Waals surface area contributed by atoms with E-state index in [9.17, 15) is 19.2 Å². The Hall–Kier alpha value is -4.47. The second kappa shape index (κ2) is 9.07. The zero-order valence-electron chi connectivity index (χ0n) is 22.0. The molecule has 9 nitrogen and oxygen atoms in total. The van der Waals surface area contributed by atoms with Gasteiger partial charge in [0.2, 0.25) is 5.91 Å². The Morgan fingerprint density at radius 2 is 1.74 bits per heavy atom. The summed E-state index contributed by atoms with van der Waals surface area (Å²) in [5, 5.41) is 3.10. The van der Waals surface area contributed by atoms with E-state index in [2.05, 4.69) is 5.32 Å². The third-order valence-electron chi connectivity index (χ3n) is 7.70. The minimum absolute atomic E-state index is 0.0139. The van der Waals surface area contributed by atoms with E-state index >= 15 is 4.39 Å². The van der Waals surface area contributed by atoms with Gasteiger partial charge >= 0.3 is 5.69 Å². The molecule has 0 bridgehead atoms. The molecule has 2 aliphatic rings. The van der Waals surface area contributed by atoms with Gasteiger partial charge in [-0.1, -0.05) is 19.1 Å². The van der Waals surface area contributed by atoms with Gasteiger partial charge in [0.15, 0.2) is 0 Å². The minimum Gasteiger partial charge on any atom is -0.338 e. The summed E-state index contributed by atoms with van der Waals surface area (Å²) < 4.78 is 18.9. The van der Waals surface area contributed by atoms with Gasteiger partial charge in [0.05, 0.1) is 16.9 Å². The fourth-order valence-electron chi connectivity index (χ4n) is 5.25. The quantitative estimate of drug-likeness (QED) is 0.385. The highest BCUT2D eigenvalue weighted by Crippen LogP contribution is 2.34. The van der Waals surface area contributed by atoms with Gasteiger partial charge in [-0.3, -0.25) is 28.1 Å². The van der Waals surface area contributed by atoms with Crippen molar-refractivity contribution in [3.8, 4) is 5.69 Å². The predicted molar refractivity (Wildman–Crippen MR) is 148 cm³/mol. The molecule has 0 radical (unpaired) electrons. The Morgan fingerprint density at radius 1 is 1.00 bits per heavy atom. The number of carbonyl (C=O) groups is 1. The molecule has 1 aliphatic heterocycles. The summed E-state index contributed by atoms with van der Waals surface area (Å²) in [6.07, 6.45) is 2.48. The van der Waals surface area contributed by atoms with Crippen molar-refractivity contribution in [3.63, 3.8) is 0 Å². The molecule has 2 aromatic heterocycles. The normalized spacial score (nSPS) is 15.1. The number of nitrogens with one attached hydrogen (secondary N) is 1. The molecule has 4 aromatic rings. The lowest BCUT2D eigenvalue weighted by molar-refractivity contribution is -0.122. The number of anilines is 3. The average molecular weight is 530 g/mol. The number of aromatic nitrogens is 3. The minimum atomic E-state index is -0.553. The molecule has 0 spiro atoms. The van der Waals surface area contributed by atoms with Crippen LogP contribution in [0.1, 0.15) is 43.4 Å². The third kappa shape index (κ3) is 3.89. The van der Waals surface area contributed by atoms with Crippen LogP contribution >= 0.6 is 0 Å². The van der Waals surface area contributed by atoms with Crippen LogP contribution in [-0.2, 0) is 18.3 Å². The van der Waals surface area contributed by atoms with Crippen LogP contribution < -0.4 is 27.0 Å². The third-order valence-corrected chi connectivity index (χ3v) is 7.70. The lowest BCUT2D eigenvalue weighted by Gasteiger charge is -2.31. The summed E-state index contributed by atoms with van der Waals surface area (Å²) in [5.74, 6) is -0.427. The molecule has 6 rings (SSSR count). The van der Waals surface area contributed by atoms with Gasteiger partial charge in [-0.2, -0.15) is 0 Å². The number of benzene rings is 2. The molecule has 39 heavy (non-hydrogen) atoms. The number of aryl methyl sites for hydroxylation is 2. The van der Waals surface area contributed by atoms with Crippen molar-refractivity contribution >= 4 is 34.0 Å². The number of pyridine rings is 1. The summed E-state index contributed by atoms with van der Waals surface area (Å²) in [6.45, 7) is 4.08. The van der Waals surface area contributed by atoms with Gasteiger partial charge in [-0.05, 0) is 62.1 Å². The molecule has 1 aliphatic carbocycles. The van der Waals surface area contributed by atoms with E-state index in [0.29, 0.717) is 43.6 Å². The highest BCUT2D eigenvalue weighted by Gasteiger charge is 2.32. The number of hydrogen-bond donors (Lipinski definition) is 1. The van der Waals surface area contributed by atoms with Crippen molar-refractivity contribution in [3.05, 3.63) is 90.6 Å². The number of β-lactam (4-membered cyclic amide) rings is 1. The van der Waals surface area contributed by atoms with Crippen molar-refractivity contribution in [2.75, 3.05) is 16.8 Å². The molecule has 1 saturated heterocycles. The monoisotopic (exact) mass is 529 g/mol. The van der Waals surface area contributed by atoms with Crippen LogP contribution in [0.5, 0.6) is 0 Å². The smallest absolute Gasteiger partial charge is 0.336 e. The molecule has 1 N–H and O–H groups in total. The topological polar surface area (TPSA) is 98.3 Å². The van der Waals surface area contributed by atoms with E-state index in [4.69, 9.17) is 0 Å². The molecule has 0 atom stereocenters. The molecule has 2 aromatic carbocycles. The summed E-state index contributed by atoms with van der Waals surface area (Å²) in [5.41, 5.74) is 0.835. The number of nitrogens with zero attached hydrogens (tertiary/aromatic N) is 4.